The topological polar surface area (TPSA) is 86.1 Å². The van der Waals surface area contributed by atoms with E-state index in [9.17, 15) is 9.59 Å². The molecule has 0 radical (unpaired) electrons. The predicted molar refractivity (Wildman–Crippen MR) is 116 cm³/mol. The maximum Gasteiger partial charge on any atom is 0.343 e. The van der Waals surface area contributed by atoms with Gasteiger partial charge in [-0.15, -0.1) is 0 Å². The molecule has 29 heavy (non-hydrogen) atoms. The molecule has 0 aliphatic carbocycles. The number of benzene rings is 1. The molecule has 3 aromatic rings. The first-order valence-electron chi connectivity index (χ1n) is 9.44. The Bertz CT molecular complexity index is 1080. The summed E-state index contributed by atoms with van der Waals surface area (Å²) in [5.74, 6) is -0.0668. The van der Waals surface area contributed by atoms with Crippen molar-refractivity contribution < 1.29 is 14.3 Å². The van der Waals surface area contributed by atoms with E-state index >= 15 is 0 Å². The van der Waals surface area contributed by atoms with Gasteiger partial charge in [0.25, 0.3) is 0 Å². The molecule has 0 spiro atoms. The number of anilines is 1. The molecule has 0 bridgehead atoms. The van der Waals surface area contributed by atoms with Crippen molar-refractivity contribution in [1.82, 2.24) is 14.8 Å². The molecule has 0 saturated heterocycles. The van der Waals surface area contributed by atoms with Gasteiger partial charge < -0.3 is 10.1 Å². The Balaban J connectivity index is 2.16. The lowest BCUT2D eigenvalue weighted by Gasteiger charge is -2.14. The number of ether oxygens (including phenoxy) is 1. The van der Waals surface area contributed by atoms with Crippen molar-refractivity contribution in [3.63, 3.8) is 0 Å². The number of para-hydroxylation sites is 1. The van der Waals surface area contributed by atoms with Gasteiger partial charge in [0.2, 0.25) is 5.91 Å². The third-order valence-electron chi connectivity index (χ3n) is 4.60. The van der Waals surface area contributed by atoms with Crippen LogP contribution >= 0.6 is 15.9 Å². The third-order valence-corrected chi connectivity index (χ3v) is 5.66. The van der Waals surface area contributed by atoms with E-state index in [1.54, 1.807) is 6.92 Å². The number of nitrogens with zero attached hydrogens (tertiary/aromatic N) is 3. The maximum atomic E-state index is 12.5. The molecule has 1 aromatic carbocycles. The fourth-order valence-electron chi connectivity index (χ4n) is 3.03. The molecule has 3 rings (SSSR count). The van der Waals surface area contributed by atoms with Gasteiger partial charge in [0.1, 0.15) is 5.56 Å². The van der Waals surface area contributed by atoms with Gasteiger partial charge in [-0.25, -0.2) is 9.78 Å². The zero-order valence-electron chi connectivity index (χ0n) is 16.8. The number of rotatable bonds is 6. The molecule has 1 N–H and O–H groups in total. The summed E-state index contributed by atoms with van der Waals surface area (Å²) in [5, 5.41) is 8.18. The van der Waals surface area contributed by atoms with Gasteiger partial charge in [-0.3, -0.25) is 4.79 Å². The van der Waals surface area contributed by atoms with E-state index in [0.29, 0.717) is 12.2 Å². The molecular formula is C21H23BrN4O3. The van der Waals surface area contributed by atoms with Gasteiger partial charge in [-0.05, 0) is 44.4 Å². The first kappa shape index (κ1) is 21.0. The Labute approximate surface area is 177 Å². The predicted octanol–water partition coefficient (Wildman–Crippen LogP) is 4.33. The number of fused-ring (bicyclic) bond motifs is 1. The minimum absolute atomic E-state index is 0.181. The van der Waals surface area contributed by atoms with E-state index in [1.165, 1.54) is 10.9 Å². The van der Waals surface area contributed by atoms with Crippen LogP contribution in [-0.2, 0) is 9.53 Å². The number of aromatic nitrogens is 3. The second kappa shape index (κ2) is 8.73. The summed E-state index contributed by atoms with van der Waals surface area (Å²) >= 11 is 3.34. The lowest BCUT2D eigenvalue weighted by molar-refractivity contribution is -0.115. The smallest absolute Gasteiger partial charge is 0.343 e. The quantitative estimate of drug-likeness (QED) is 0.438. The first-order valence-corrected chi connectivity index (χ1v) is 10.4. The second-order valence-electron chi connectivity index (χ2n) is 6.67. The molecule has 0 aliphatic rings. The van der Waals surface area contributed by atoms with Crippen LogP contribution in [0.4, 0.5) is 5.82 Å². The molecule has 8 heteroatoms. The van der Waals surface area contributed by atoms with Crippen molar-refractivity contribution >= 4 is 44.5 Å². The van der Waals surface area contributed by atoms with Gasteiger partial charge in [-0.2, -0.15) is 9.78 Å². The number of amides is 1. The Hall–Kier alpha value is -2.74. The van der Waals surface area contributed by atoms with Crippen LogP contribution in [0, 0.1) is 13.8 Å². The van der Waals surface area contributed by atoms with Crippen LogP contribution < -0.4 is 5.32 Å². The zero-order chi connectivity index (χ0) is 21.1. The van der Waals surface area contributed by atoms with Gasteiger partial charge in [-0.1, -0.05) is 41.1 Å². The normalized spacial score (nSPS) is 12.0. The molecule has 0 saturated carbocycles. The van der Waals surface area contributed by atoms with E-state index in [0.717, 1.165) is 22.0 Å². The highest BCUT2D eigenvalue weighted by Crippen LogP contribution is 2.26. The summed E-state index contributed by atoms with van der Waals surface area (Å²) < 4.78 is 6.59. The molecule has 0 fully saturated rings. The Morgan fingerprint density at radius 1 is 1.24 bits per heavy atom. The number of alkyl halides is 1. The number of halogens is 1. The van der Waals surface area contributed by atoms with Crippen LogP contribution in [0.1, 0.15) is 41.8 Å². The minimum atomic E-state index is -0.551. The third kappa shape index (κ3) is 4.17. The van der Waals surface area contributed by atoms with Gasteiger partial charge >= 0.3 is 5.97 Å². The van der Waals surface area contributed by atoms with Crippen LogP contribution in [-0.4, -0.2) is 38.1 Å². The second-order valence-corrected chi connectivity index (χ2v) is 7.78. The number of pyridine rings is 1. The van der Waals surface area contributed by atoms with Crippen LogP contribution in [0.5, 0.6) is 0 Å². The van der Waals surface area contributed by atoms with Gasteiger partial charge in [0, 0.05) is 5.39 Å². The number of hydrogen-bond acceptors (Lipinski definition) is 5. The van der Waals surface area contributed by atoms with Crippen LogP contribution in [0.3, 0.4) is 0 Å². The largest absolute Gasteiger partial charge is 0.462 e. The molecule has 2 aromatic heterocycles. The van der Waals surface area contributed by atoms with Gasteiger partial charge in [0.15, 0.2) is 11.6 Å². The average molecular weight is 459 g/mol. The van der Waals surface area contributed by atoms with E-state index in [-0.39, 0.29) is 23.9 Å². The highest BCUT2D eigenvalue weighted by molar-refractivity contribution is 9.10. The number of aryl methyl sites for hydroxylation is 2. The van der Waals surface area contributed by atoms with Crippen molar-refractivity contribution in [3.8, 4) is 5.82 Å². The Morgan fingerprint density at radius 2 is 2.00 bits per heavy atom. The molecule has 7 nitrogen and oxygen atoms in total. The number of carbonyl (C=O) groups is 2. The minimum Gasteiger partial charge on any atom is -0.462 e. The van der Waals surface area contributed by atoms with Crippen LogP contribution in [0.25, 0.3) is 16.7 Å². The van der Waals surface area contributed by atoms with Crippen molar-refractivity contribution in [2.75, 3.05) is 11.9 Å². The van der Waals surface area contributed by atoms with Crippen molar-refractivity contribution in [1.29, 1.82) is 0 Å². The zero-order valence-corrected chi connectivity index (χ0v) is 18.4. The molecule has 0 aliphatic heterocycles. The fraction of sp³-hybridized carbons (Fsp3) is 0.333. The van der Waals surface area contributed by atoms with Crippen molar-refractivity contribution in [2.45, 2.75) is 38.9 Å². The van der Waals surface area contributed by atoms with Crippen molar-refractivity contribution in [2.24, 2.45) is 0 Å². The standard InChI is InChI=1S/C21H23BrN4O3/c1-5-16(22)20(27)25-19-15(21(28)29-6-2)11-23-26(19)17-10-13(4)14-9-7-8-12(3)18(14)24-17/h7-11,16H,5-6H2,1-4H3,(H,25,27). The summed E-state index contributed by atoms with van der Waals surface area (Å²) in [5.41, 5.74) is 3.08. The number of esters is 1. The maximum absolute atomic E-state index is 12.5. The van der Waals surface area contributed by atoms with Crippen LogP contribution in [0.2, 0.25) is 0 Å². The first-order chi connectivity index (χ1) is 13.9. The monoisotopic (exact) mass is 458 g/mol. The molecule has 1 amide bonds. The summed E-state index contributed by atoms with van der Waals surface area (Å²) in [6, 6.07) is 7.88. The number of carbonyl (C=O) groups excluding carboxylic acids is 2. The van der Waals surface area contributed by atoms with Crippen LogP contribution in [0.15, 0.2) is 30.5 Å². The fourth-order valence-corrected chi connectivity index (χ4v) is 3.15. The molecule has 152 valence electrons. The highest BCUT2D eigenvalue weighted by Gasteiger charge is 2.24. The van der Waals surface area contributed by atoms with Crippen molar-refractivity contribution in [3.05, 3.63) is 47.2 Å². The number of hydrogen-bond donors (Lipinski definition) is 1. The Kier molecular flexibility index (Phi) is 6.32. The summed E-state index contributed by atoms with van der Waals surface area (Å²) in [6.45, 7) is 7.82. The average Bonchev–Trinajstić information content (AvgIpc) is 3.11. The molecule has 1 atom stereocenters. The van der Waals surface area contributed by atoms with E-state index in [1.807, 2.05) is 45.0 Å². The Morgan fingerprint density at radius 3 is 2.69 bits per heavy atom. The SMILES string of the molecule is CCOC(=O)c1cnn(-c2cc(C)c3cccc(C)c3n2)c1NC(=O)C(Br)CC. The summed E-state index contributed by atoms with van der Waals surface area (Å²) in [7, 11) is 0. The van der Waals surface area contributed by atoms with Gasteiger partial charge in [0.05, 0.1) is 23.1 Å². The van der Waals surface area contributed by atoms with E-state index < -0.39 is 10.8 Å². The molecule has 2 heterocycles. The lowest BCUT2D eigenvalue weighted by atomic mass is 10.1. The number of nitrogens with one attached hydrogen (secondary N) is 1. The van der Waals surface area contributed by atoms with E-state index in [2.05, 4.69) is 26.3 Å². The molecule has 1 unspecified atom stereocenters. The molecular weight excluding hydrogens is 436 g/mol. The van der Waals surface area contributed by atoms with E-state index in [4.69, 9.17) is 9.72 Å². The summed E-state index contributed by atoms with van der Waals surface area (Å²) in [4.78, 5) is 29.3. The highest BCUT2D eigenvalue weighted by atomic mass is 79.9. The summed E-state index contributed by atoms with van der Waals surface area (Å²) in [6.07, 6.45) is 1.99. The lowest BCUT2D eigenvalue weighted by Crippen LogP contribution is -2.25.